The van der Waals surface area contributed by atoms with E-state index in [2.05, 4.69) is 6.58 Å². The topological polar surface area (TPSA) is 20.2 Å². The Hall–Kier alpha value is -0.300. The molecule has 0 aliphatic rings. The summed E-state index contributed by atoms with van der Waals surface area (Å²) < 4.78 is 0. The summed E-state index contributed by atoms with van der Waals surface area (Å²) in [6, 6.07) is 0. The van der Waals surface area contributed by atoms with Gasteiger partial charge in [0.25, 0.3) is 0 Å². The van der Waals surface area contributed by atoms with Crippen LogP contribution in [0.4, 0.5) is 0 Å². The molecule has 0 aliphatic carbocycles. The third-order valence-electron chi connectivity index (χ3n) is 2.14. The molecule has 0 saturated carbocycles. The lowest BCUT2D eigenvalue weighted by molar-refractivity contribution is 0.0922. The fourth-order valence-corrected chi connectivity index (χ4v) is 0.357. The van der Waals surface area contributed by atoms with Crippen LogP contribution in [0.15, 0.2) is 12.2 Å². The number of aliphatic hydroxyl groups excluding tert-OH is 1. The minimum Gasteiger partial charge on any atom is -0.393 e. The quantitative estimate of drug-likeness (QED) is 0.564. The van der Waals surface area contributed by atoms with Crippen LogP contribution in [0.1, 0.15) is 27.7 Å². The third kappa shape index (κ3) is 1.83. The Bertz CT molecular complexity index is 112. The van der Waals surface area contributed by atoms with Crippen molar-refractivity contribution in [2.24, 2.45) is 5.41 Å². The van der Waals surface area contributed by atoms with Gasteiger partial charge in [0.1, 0.15) is 0 Å². The van der Waals surface area contributed by atoms with Gasteiger partial charge >= 0.3 is 0 Å². The van der Waals surface area contributed by atoms with Crippen LogP contribution in [0.5, 0.6) is 0 Å². The van der Waals surface area contributed by atoms with Crippen molar-refractivity contribution in [3.05, 3.63) is 12.2 Å². The second kappa shape index (κ2) is 2.53. The number of aliphatic hydroxyl groups is 1. The molecule has 9 heavy (non-hydrogen) atoms. The van der Waals surface area contributed by atoms with Crippen LogP contribution in [-0.2, 0) is 0 Å². The molecule has 1 N–H and O–H groups in total. The first-order valence-electron chi connectivity index (χ1n) is 3.23. The summed E-state index contributed by atoms with van der Waals surface area (Å²) in [5.74, 6) is 0. The van der Waals surface area contributed by atoms with E-state index in [1.807, 2.05) is 20.8 Å². The lowest BCUT2D eigenvalue weighted by Crippen LogP contribution is -2.26. The highest BCUT2D eigenvalue weighted by Crippen LogP contribution is 2.27. The van der Waals surface area contributed by atoms with Gasteiger partial charge in [-0.05, 0) is 13.8 Å². The molecule has 0 saturated heterocycles. The molecule has 0 radical (unpaired) electrons. The highest BCUT2D eigenvalue weighted by molar-refractivity contribution is 5.05. The summed E-state index contributed by atoms with van der Waals surface area (Å²) in [5, 5.41) is 9.19. The van der Waals surface area contributed by atoms with Gasteiger partial charge in [-0.15, -0.1) is 0 Å². The first-order chi connectivity index (χ1) is 3.89. The highest BCUT2D eigenvalue weighted by Gasteiger charge is 2.24. The Balaban J connectivity index is 4.19. The van der Waals surface area contributed by atoms with Crippen LogP contribution in [0.25, 0.3) is 0 Å². The molecule has 0 aromatic heterocycles. The van der Waals surface area contributed by atoms with E-state index in [4.69, 9.17) is 0 Å². The molecule has 1 unspecified atom stereocenters. The Morgan fingerprint density at radius 3 is 1.89 bits per heavy atom. The van der Waals surface area contributed by atoms with Crippen molar-refractivity contribution < 1.29 is 5.11 Å². The molecular weight excluding hydrogens is 112 g/mol. The van der Waals surface area contributed by atoms with E-state index in [0.717, 1.165) is 5.57 Å². The molecule has 0 aliphatic heterocycles. The predicted molar refractivity (Wildman–Crippen MR) is 40.3 cm³/mol. The minimum absolute atomic E-state index is 0.139. The van der Waals surface area contributed by atoms with Gasteiger partial charge in [0.15, 0.2) is 0 Å². The average molecular weight is 128 g/mol. The van der Waals surface area contributed by atoms with Crippen molar-refractivity contribution >= 4 is 0 Å². The molecule has 54 valence electrons. The molecule has 1 nitrogen and oxygen atoms in total. The van der Waals surface area contributed by atoms with Crippen molar-refractivity contribution in [1.29, 1.82) is 0 Å². The summed E-state index contributed by atoms with van der Waals surface area (Å²) in [6.45, 7) is 11.5. The summed E-state index contributed by atoms with van der Waals surface area (Å²) in [6.07, 6.45) is -0.310. The van der Waals surface area contributed by atoms with E-state index in [1.165, 1.54) is 0 Å². The van der Waals surface area contributed by atoms with Gasteiger partial charge in [-0.25, -0.2) is 0 Å². The Labute approximate surface area is 57.4 Å². The maximum atomic E-state index is 9.19. The lowest BCUT2D eigenvalue weighted by atomic mass is 9.81. The second-order valence-electron chi connectivity index (χ2n) is 3.18. The first-order valence-corrected chi connectivity index (χ1v) is 3.23. The van der Waals surface area contributed by atoms with Crippen molar-refractivity contribution in [3.8, 4) is 0 Å². The van der Waals surface area contributed by atoms with Crippen molar-refractivity contribution in [3.63, 3.8) is 0 Å². The van der Waals surface area contributed by atoms with Crippen LogP contribution in [-0.4, -0.2) is 11.2 Å². The van der Waals surface area contributed by atoms with Gasteiger partial charge in [0.2, 0.25) is 0 Å². The third-order valence-corrected chi connectivity index (χ3v) is 2.14. The molecule has 0 heterocycles. The maximum Gasteiger partial charge on any atom is 0.0599 e. The van der Waals surface area contributed by atoms with Gasteiger partial charge < -0.3 is 5.11 Å². The first kappa shape index (κ1) is 8.70. The van der Waals surface area contributed by atoms with Crippen LogP contribution >= 0.6 is 0 Å². The van der Waals surface area contributed by atoms with Crippen molar-refractivity contribution in [2.45, 2.75) is 33.8 Å². The summed E-state index contributed by atoms with van der Waals surface area (Å²) >= 11 is 0. The fraction of sp³-hybridized carbons (Fsp3) is 0.750. The standard InChI is InChI=1S/C8H16O/c1-6(2)8(4,5)7(3)9/h7,9H,1H2,2-5H3. The molecular formula is C8H16O. The van der Waals surface area contributed by atoms with E-state index < -0.39 is 0 Å². The Morgan fingerprint density at radius 2 is 1.89 bits per heavy atom. The molecule has 0 aromatic rings. The number of rotatable bonds is 2. The van der Waals surface area contributed by atoms with Gasteiger partial charge in [-0.1, -0.05) is 26.0 Å². The molecule has 0 spiro atoms. The molecule has 0 aromatic carbocycles. The van der Waals surface area contributed by atoms with Gasteiger partial charge in [0, 0.05) is 5.41 Å². The SMILES string of the molecule is C=C(C)C(C)(C)C(C)O. The molecule has 0 fully saturated rings. The normalized spacial score (nSPS) is 15.2. The Morgan fingerprint density at radius 1 is 1.56 bits per heavy atom. The zero-order valence-corrected chi connectivity index (χ0v) is 6.73. The van der Waals surface area contributed by atoms with Crippen LogP contribution in [0, 0.1) is 5.41 Å². The van der Waals surface area contributed by atoms with Crippen LogP contribution in [0.2, 0.25) is 0 Å². The second-order valence-corrected chi connectivity index (χ2v) is 3.18. The largest absolute Gasteiger partial charge is 0.393 e. The zero-order chi connectivity index (χ0) is 7.65. The van der Waals surface area contributed by atoms with E-state index in [0.29, 0.717) is 0 Å². The predicted octanol–water partition coefficient (Wildman–Crippen LogP) is 1.97. The minimum atomic E-state index is -0.310. The molecule has 1 atom stereocenters. The molecule has 0 rings (SSSR count). The average Bonchev–Trinajstić information content (AvgIpc) is 1.65. The smallest absolute Gasteiger partial charge is 0.0599 e. The number of hydrogen-bond donors (Lipinski definition) is 1. The van der Waals surface area contributed by atoms with Crippen molar-refractivity contribution in [2.75, 3.05) is 0 Å². The zero-order valence-electron chi connectivity index (χ0n) is 6.73. The monoisotopic (exact) mass is 128 g/mol. The molecule has 0 amide bonds. The maximum absolute atomic E-state index is 9.19. The van der Waals surface area contributed by atoms with Crippen molar-refractivity contribution in [1.82, 2.24) is 0 Å². The van der Waals surface area contributed by atoms with Crippen LogP contribution in [0.3, 0.4) is 0 Å². The van der Waals surface area contributed by atoms with Crippen LogP contribution < -0.4 is 0 Å². The lowest BCUT2D eigenvalue weighted by Gasteiger charge is -2.28. The summed E-state index contributed by atoms with van der Waals surface area (Å²) in [7, 11) is 0. The summed E-state index contributed by atoms with van der Waals surface area (Å²) in [5.41, 5.74) is 0.887. The van der Waals surface area contributed by atoms with Gasteiger partial charge in [-0.3, -0.25) is 0 Å². The highest BCUT2D eigenvalue weighted by atomic mass is 16.3. The van der Waals surface area contributed by atoms with E-state index in [-0.39, 0.29) is 11.5 Å². The van der Waals surface area contributed by atoms with Gasteiger partial charge in [-0.2, -0.15) is 0 Å². The fourth-order valence-electron chi connectivity index (χ4n) is 0.357. The molecule has 1 heteroatoms. The summed E-state index contributed by atoms with van der Waals surface area (Å²) in [4.78, 5) is 0. The van der Waals surface area contributed by atoms with E-state index in [9.17, 15) is 5.11 Å². The molecule has 0 bridgehead atoms. The Kier molecular flexibility index (Phi) is 2.44. The van der Waals surface area contributed by atoms with E-state index in [1.54, 1.807) is 6.92 Å². The number of hydrogen-bond acceptors (Lipinski definition) is 1. The van der Waals surface area contributed by atoms with Gasteiger partial charge in [0.05, 0.1) is 6.10 Å². The van der Waals surface area contributed by atoms with E-state index >= 15 is 0 Å².